The van der Waals surface area contributed by atoms with Gasteiger partial charge in [0.2, 0.25) is 0 Å². The van der Waals surface area contributed by atoms with Crippen molar-refractivity contribution in [3.63, 3.8) is 0 Å². The molecule has 0 amide bonds. The molecular formula is C30H40N4. The lowest BCUT2D eigenvalue weighted by molar-refractivity contribution is 0.101. The van der Waals surface area contributed by atoms with Gasteiger partial charge in [-0.1, -0.05) is 42.5 Å². The maximum absolute atomic E-state index is 6.31. The van der Waals surface area contributed by atoms with Gasteiger partial charge in [-0.15, -0.1) is 0 Å². The van der Waals surface area contributed by atoms with E-state index in [4.69, 9.17) is 10.7 Å². The first-order valence-electron chi connectivity index (χ1n) is 13.6. The zero-order chi connectivity index (χ0) is 23.1. The normalized spacial score (nSPS) is 31.8. The molecule has 2 aromatic carbocycles. The van der Waals surface area contributed by atoms with Crippen LogP contribution in [0.5, 0.6) is 0 Å². The highest BCUT2D eigenvalue weighted by Gasteiger charge is 2.42. The molecule has 1 saturated carbocycles. The molecule has 6 rings (SSSR count). The highest BCUT2D eigenvalue weighted by molar-refractivity contribution is 5.76. The molecule has 180 valence electrons. The minimum Gasteiger partial charge on any atom is -0.328 e. The van der Waals surface area contributed by atoms with Crippen LogP contribution < -0.4 is 5.73 Å². The molecule has 3 aromatic rings. The van der Waals surface area contributed by atoms with Crippen LogP contribution in [-0.2, 0) is 5.41 Å². The molecule has 3 aliphatic rings. The molecule has 2 aliphatic heterocycles. The molecule has 4 nitrogen and oxygen atoms in total. The fraction of sp³-hybridized carbons (Fsp3) is 0.567. The lowest BCUT2D eigenvalue weighted by atomic mass is 9.66. The Labute approximate surface area is 204 Å². The summed E-state index contributed by atoms with van der Waals surface area (Å²) >= 11 is 0. The fourth-order valence-corrected chi connectivity index (χ4v) is 7.71. The first-order chi connectivity index (χ1) is 16.6. The average Bonchev–Trinajstić information content (AvgIpc) is 3.31. The molecule has 0 radical (unpaired) electrons. The Kier molecular flexibility index (Phi) is 5.99. The van der Waals surface area contributed by atoms with Crippen molar-refractivity contribution in [3.05, 3.63) is 66.0 Å². The second-order valence-corrected chi connectivity index (χ2v) is 11.4. The van der Waals surface area contributed by atoms with E-state index in [0.717, 1.165) is 17.6 Å². The van der Waals surface area contributed by atoms with Crippen LogP contribution in [0.25, 0.3) is 11.0 Å². The van der Waals surface area contributed by atoms with Crippen LogP contribution in [0.3, 0.4) is 0 Å². The first-order valence-corrected chi connectivity index (χ1v) is 13.6. The Bertz CT molecular complexity index is 1100. The Morgan fingerprint density at radius 2 is 1.56 bits per heavy atom. The Morgan fingerprint density at radius 3 is 2.29 bits per heavy atom. The molecule has 1 aliphatic carbocycles. The summed E-state index contributed by atoms with van der Waals surface area (Å²) < 4.78 is 2.55. The quantitative estimate of drug-likeness (QED) is 0.485. The number of aryl methyl sites for hydroxylation is 1. The number of piperidine rings is 1. The monoisotopic (exact) mass is 456 g/mol. The predicted molar refractivity (Wildman–Crippen MR) is 140 cm³/mol. The van der Waals surface area contributed by atoms with E-state index >= 15 is 0 Å². The van der Waals surface area contributed by atoms with Crippen LogP contribution in [0, 0.1) is 6.92 Å². The number of nitrogens with two attached hydrogens (primary N) is 1. The molecule has 34 heavy (non-hydrogen) atoms. The van der Waals surface area contributed by atoms with Crippen LogP contribution in [0.15, 0.2) is 54.6 Å². The third-order valence-corrected chi connectivity index (χ3v) is 9.44. The fourth-order valence-electron chi connectivity index (χ4n) is 7.71. The molecule has 3 fully saturated rings. The summed E-state index contributed by atoms with van der Waals surface area (Å²) in [5.74, 6) is 1.18. The lowest BCUT2D eigenvalue weighted by Crippen LogP contribution is -2.44. The maximum atomic E-state index is 6.31. The Hall–Kier alpha value is -2.17. The van der Waals surface area contributed by atoms with Crippen molar-refractivity contribution in [2.45, 2.75) is 101 Å². The van der Waals surface area contributed by atoms with Crippen molar-refractivity contribution < 1.29 is 0 Å². The minimum atomic E-state index is 0.335. The summed E-state index contributed by atoms with van der Waals surface area (Å²) in [7, 11) is 0. The van der Waals surface area contributed by atoms with Crippen molar-refractivity contribution in [3.8, 4) is 0 Å². The Balaban J connectivity index is 1.13. The number of nitrogens with zero attached hydrogens (tertiary/aromatic N) is 3. The molecule has 0 spiro atoms. The number of rotatable bonds is 6. The minimum absolute atomic E-state index is 0.335. The molecular weight excluding hydrogens is 416 g/mol. The lowest BCUT2D eigenvalue weighted by Gasteiger charge is -2.42. The zero-order valence-corrected chi connectivity index (χ0v) is 20.7. The summed E-state index contributed by atoms with van der Waals surface area (Å²) in [6.45, 7) is 3.44. The van der Waals surface area contributed by atoms with E-state index < -0.39 is 0 Å². The van der Waals surface area contributed by atoms with Crippen LogP contribution in [-0.4, -0.2) is 39.1 Å². The van der Waals surface area contributed by atoms with E-state index in [9.17, 15) is 0 Å². The van der Waals surface area contributed by atoms with Gasteiger partial charge in [-0.05, 0) is 101 Å². The van der Waals surface area contributed by atoms with Crippen LogP contribution in [0.1, 0.15) is 81.6 Å². The van der Waals surface area contributed by atoms with E-state index in [1.54, 1.807) is 5.56 Å². The number of para-hydroxylation sites is 2. The molecule has 2 saturated heterocycles. The van der Waals surface area contributed by atoms with Crippen LogP contribution in [0.4, 0.5) is 0 Å². The number of hydrogen-bond donors (Lipinski definition) is 1. The van der Waals surface area contributed by atoms with Gasteiger partial charge in [0.05, 0.1) is 11.0 Å². The number of fused-ring (bicyclic) bond motifs is 3. The zero-order valence-electron chi connectivity index (χ0n) is 20.7. The summed E-state index contributed by atoms with van der Waals surface area (Å²) in [5, 5.41) is 0. The average molecular weight is 457 g/mol. The number of aromatic nitrogens is 2. The van der Waals surface area contributed by atoms with E-state index in [-0.39, 0.29) is 0 Å². The van der Waals surface area contributed by atoms with Gasteiger partial charge in [0.25, 0.3) is 0 Å². The van der Waals surface area contributed by atoms with Crippen LogP contribution >= 0.6 is 0 Å². The van der Waals surface area contributed by atoms with Gasteiger partial charge in [0.1, 0.15) is 5.82 Å². The smallest absolute Gasteiger partial charge is 0.106 e. The third kappa shape index (κ3) is 3.99. The van der Waals surface area contributed by atoms with Crippen molar-refractivity contribution in [2.24, 2.45) is 5.73 Å². The van der Waals surface area contributed by atoms with Crippen LogP contribution in [0.2, 0.25) is 0 Å². The SMILES string of the molecule is Cc1nc2ccccc2n1C1CC2CCC(C1)N2CCCC1(c2ccccc2)CCC(N)CC1. The second kappa shape index (κ2) is 9.13. The molecule has 1 aromatic heterocycles. The number of imidazole rings is 1. The molecule has 4 heteroatoms. The highest BCUT2D eigenvalue weighted by Crippen LogP contribution is 2.45. The van der Waals surface area contributed by atoms with Crippen molar-refractivity contribution in [1.82, 2.24) is 14.5 Å². The maximum Gasteiger partial charge on any atom is 0.106 e. The Morgan fingerprint density at radius 1 is 0.882 bits per heavy atom. The summed E-state index contributed by atoms with van der Waals surface area (Å²) in [6.07, 6.45) is 12.7. The molecule has 2 atom stereocenters. The first kappa shape index (κ1) is 22.3. The van der Waals surface area contributed by atoms with Gasteiger partial charge in [-0.25, -0.2) is 4.98 Å². The summed E-state index contributed by atoms with van der Waals surface area (Å²) in [4.78, 5) is 7.75. The summed E-state index contributed by atoms with van der Waals surface area (Å²) in [6, 6.07) is 22.5. The van der Waals surface area contributed by atoms with E-state index in [1.165, 1.54) is 82.1 Å². The van der Waals surface area contributed by atoms with Gasteiger partial charge in [-0.2, -0.15) is 0 Å². The van der Waals surface area contributed by atoms with Gasteiger partial charge in [-0.3, -0.25) is 4.90 Å². The van der Waals surface area contributed by atoms with Gasteiger partial charge in [0.15, 0.2) is 0 Å². The predicted octanol–water partition coefficient (Wildman–Crippen LogP) is 6.13. The van der Waals surface area contributed by atoms with E-state index in [0.29, 0.717) is 17.5 Å². The third-order valence-electron chi connectivity index (χ3n) is 9.44. The van der Waals surface area contributed by atoms with Crippen molar-refractivity contribution in [1.29, 1.82) is 0 Å². The van der Waals surface area contributed by atoms with Gasteiger partial charge in [0, 0.05) is 24.2 Å². The van der Waals surface area contributed by atoms with Crippen molar-refractivity contribution >= 4 is 11.0 Å². The molecule has 3 heterocycles. The van der Waals surface area contributed by atoms with E-state index in [2.05, 4.69) is 71.0 Å². The molecule has 2 N–H and O–H groups in total. The van der Waals surface area contributed by atoms with Gasteiger partial charge >= 0.3 is 0 Å². The molecule has 2 unspecified atom stereocenters. The molecule has 2 bridgehead atoms. The number of hydrogen-bond acceptors (Lipinski definition) is 3. The largest absolute Gasteiger partial charge is 0.328 e. The van der Waals surface area contributed by atoms with E-state index in [1.807, 2.05) is 0 Å². The topological polar surface area (TPSA) is 47.1 Å². The number of benzene rings is 2. The highest BCUT2D eigenvalue weighted by atomic mass is 15.2. The summed E-state index contributed by atoms with van der Waals surface area (Å²) in [5.41, 5.74) is 10.7. The van der Waals surface area contributed by atoms with Gasteiger partial charge < -0.3 is 10.3 Å². The van der Waals surface area contributed by atoms with Crippen molar-refractivity contribution in [2.75, 3.05) is 6.54 Å². The second-order valence-electron chi connectivity index (χ2n) is 11.4. The standard InChI is InChI=1S/C30H40N4/c1-22-32-28-10-5-6-11-29(28)34(22)27-20-25-12-13-26(21-27)33(25)19-7-16-30(17-14-24(31)15-18-30)23-8-3-2-4-9-23/h2-6,8-11,24-27H,7,12-21,31H2,1H3.